The number of aromatic amines is 1. The summed E-state index contributed by atoms with van der Waals surface area (Å²) in [6.07, 6.45) is 1.73. The van der Waals surface area contributed by atoms with Crippen molar-refractivity contribution in [1.29, 1.82) is 0 Å². The summed E-state index contributed by atoms with van der Waals surface area (Å²) < 4.78 is 5.62. The molecule has 1 aromatic heterocycles. The van der Waals surface area contributed by atoms with Gasteiger partial charge in [-0.05, 0) is 17.7 Å². The van der Waals surface area contributed by atoms with Crippen molar-refractivity contribution < 1.29 is 4.74 Å². The molecule has 0 fully saturated rings. The van der Waals surface area contributed by atoms with Crippen molar-refractivity contribution in [2.24, 2.45) is 0 Å². The first-order valence-electron chi connectivity index (χ1n) is 6.55. The van der Waals surface area contributed by atoms with Gasteiger partial charge in [0.25, 0.3) is 0 Å². The van der Waals surface area contributed by atoms with Crippen LogP contribution in [0, 0.1) is 0 Å². The molecule has 0 saturated heterocycles. The van der Waals surface area contributed by atoms with Gasteiger partial charge in [-0.25, -0.2) is 0 Å². The molecule has 0 unspecified atom stereocenters. The number of para-hydroxylation sites is 1. The van der Waals surface area contributed by atoms with E-state index in [9.17, 15) is 4.79 Å². The first-order chi connectivity index (χ1) is 9.84. The minimum Gasteiger partial charge on any atom is -0.372 e. The molecule has 0 aliphatic rings. The van der Waals surface area contributed by atoms with Gasteiger partial charge in [-0.2, -0.15) is 0 Å². The lowest BCUT2D eigenvalue weighted by molar-refractivity contribution is 0.106. The SMILES string of the molecule is O=c1c(COCc2ccccc2)c[nH]c2ccccc12. The van der Waals surface area contributed by atoms with Crippen LogP contribution in [-0.2, 0) is 18.0 Å². The minimum absolute atomic E-state index is 0.0346. The second-order valence-corrected chi connectivity index (χ2v) is 4.67. The van der Waals surface area contributed by atoms with E-state index in [4.69, 9.17) is 4.74 Å². The molecule has 0 aliphatic carbocycles. The van der Waals surface area contributed by atoms with Crippen LogP contribution in [0.4, 0.5) is 0 Å². The van der Waals surface area contributed by atoms with Gasteiger partial charge in [0.2, 0.25) is 0 Å². The average molecular weight is 265 g/mol. The Labute approximate surface area is 116 Å². The van der Waals surface area contributed by atoms with Crippen LogP contribution in [0.3, 0.4) is 0 Å². The van der Waals surface area contributed by atoms with Crippen LogP contribution >= 0.6 is 0 Å². The lowest BCUT2D eigenvalue weighted by Gasteiger charge is -2.05. The Bertz CT molecular complexity index is 763. The summed E-state index contributed by atoms with van der Waals surface area (Å²) in [4.78, 5) is 15.4. The summed E-state index contributed by atoms with van der Waals surface area (Å²) in [5.74, 6) is 0. The summed E-state index contributed by atoms with van der Waals surface area (Å²) >= 11 is 0. The Hall–Kier alpha value is -2.39. The topological polar surface area (TPSA) is 42.1 Å². The Morgan fingerprint density at radius 1 is 0.900 bits per heavy atom. The van der Waals surface area contributed by atoms with Gasteiger partial charge in [0.1, 0.15) is 0 Å². The van der Waals surface area contributed by atoms with Crippen LogP contribution in [0.2, 0.25) is 0 Å². The average Bonchev–Trinajstić information content (AvgIpc) is 2.51. The summed E-state index contributed by atoms with van der Waals surface area (Å²) in [5.41, 5.74) is 2.64. The number of nitrogens with one attached hydrogen (secondary N) is 1. The smallest absolute Gasteiger partial charge is 0.194 e. The van der Waals surface area contributed by atoms with E-state index in [-0.39, 0.29) is 5.43 Å². The molecule has 0 atom stereocenters. The zero-order chi connectivity index (χ0) is 13.8. The highest BCUT2D eigenvalue weighted by atomic mass is 16.5. The maximum Gasteiger partial charge on any atom is 0.194 e. The lowest BCUT2D eigenvalue weighted by Crippen LogP contribution is -2.11. The van der Waals surface area contributed by atoms with Crippen molar-refractivity contribution >= 4 is 10.9 Å². The van der Waals surface area contributed by atoms with Gasteiger partial charge in [0.05, 0.1) is 13.2 Å². The number of benzene rings is 2. The Balaban J connectivity index is 1.75. The third-order valence-electron chi connectivity index (χ3n) is 3.23. The number of pyridine rings is 1. The van der Waals surface area contributed by atoms with E-state index < -0.39 is 0 Å². The number of fused-ring (bicyclic) bond motifs is 1. The molecule has 0 bridgehead atoms. The van der Waals surface area contributed by atoms with Crippen molar-refractivity contribution in [2.45, 2.75) is 13.2 Å². The van der Waals surface area contributed by atoms with E-state index in [2.05, 4.69) is 4.98 Å². The predicted octanol–water partition coefficient (Wildman–Crippen LogP) is 3.24. The normalized spacial score (nSPS) is 10.8. The Kier molecular flexibility index (Phi) is 3.61. The van der Waals surface area contributed by atoms with Crippen molar-refractivity contribution in [1.82, 2.24) is 4.98 Å². The number of ether oxygens (including phenoxy) is 1. The number of rotatable bonds is 4. The van der Waals surface area contributed by atoms with Crippen LogP contribution < -0.4 is 5.43 Å². The minimum atomic E-state index is 0.0346. The summed E-state index contributed by atoms with van der Waals surface area (Å²) in [7, 11) is 0. The van der Waals surface area contributed by atoms with Crippen molar-refractivity contribution in [3.8, 4) is 0 Å². The highest BCUT2D eigenvalue weighted by Gasteiger charge is 2.04. The molecule has 1 heterocycles. The number of hydrogen-bond acceptors (Lipinski definition) is 2. The van der Waals surface area contributed by atoms with E-state index >= 15 is 0 Å². The summed E-state index contributed by atoms with van der Waals surface area (Å²) in [6.45, 7) is 0.822. The van der Waals surface area contributed by atoms with Gasteiger partial charge >= 0.3 is 0 Å². The molecule has 100 valence electrons. The molecular formula is C17H15NO2. The fourth-order valence-corrected chi connectivity index (χ4v) is 2.17. The monoisotopic (exact) mass is 265 g/mol. The third kappa shape index (κ3) is 2.63. The van der Waals surface area contributed by atoms with Gasteiger partial charge in [0.15, 0.2) is 5.43 Å². The van der Waals surface area contributed by atoms with Gasteiger partial charge in [-0.3, -0.25) is 4.79 Å². The largest absolute Gasteiger partial charge is 0.372 e. The number of hydrogen-bond donors (Lipinski definition) is 1. The molecule has 1 N–H and O–H groups in total. The quantitative estimate of drug-likeness (QED) is 0.786. The summed E-state index contributed by atoms with van der Waals surface area (Å²) in [5, 5.41) is 0.702. The summed E-state index contributed by atoms with van der Waals surface area (Å²) in [6, 6.07) is 17.4. The first kappa shape index (κ1) is 12.6. The van der Waals surface area contributed by atoms with Crippen LogP contribution in [0.25, 0.3) is 10.9 Å². The first-order valence-corrected chi connectivity index (χ1v) is 6.55. The third-order valence-corrected chi connectivity index (χ3v) is 3.23. The van der Waals surface area contributed by atoms with Crippen LogP contribution in [0.5, 0.6) is 0 Å². The molecule has 0 aliphatic heterocycles. The van der Waals surface area contributed by atoms with Gasteiger partial charge in [-0.1, -0.05) is 42.5 Å². The molecule has 0 radical (unpaired) electrons. The Morgan fingerprint density at radius 3 is 2.50 bits per heavy atom. The highest BCUT2D eigenvalue weighted by Crippen LogP contribution is 2.08. The molecular weight excluding hydrogens is 250 g/mol. The number of H-pyrrole nitrogens is 1. The van der Waals surface area contributed by atoms with Crippen LogP contribution in [0.1, 0.15) is 11.1 Å². The Morgan fingerprint density at radius 2 is 1.65 bits per heavy atom. The molecule has 3 nitrogen and oxygen atoms in total. The molecule has 3 heteroatoms. The number of aromatic nitrogens is 1. The maximum atomic E-state index is 12.3. The van der Waals surface area contributed by atoms with Crippen molar-refractivity contribution in [3.63, 3.8) is 0 Å². The van der Waals surface area contributed by atoms with E-state index in [0.717, 1.165) is 11.1 Å². The standard InChI is InChI=1S/C17H15NO2/c19-17-14(10-18-16-9-5-4-8-15(16)17)12-20-11-13-6-2-1-3-7-13/h1-10H,11-12H2,(H,18,19). The molecule has 20 heavy (non-hydrogen) atoms. The van der Waals surface area contributed by atoms with E-state index in [1.807, 2.05) is 54.6 Å². The fraction of sp³-hybridized carbons (Fsp3) is 0.118. The molecule has 0 saturated carbocycles. The van der Waals surface area contributed by atoms with Crippen LogP contribution in [-0.4, -0.2) is 4.98 Å². The van der Waals surface area contributed by atoms with Gasteiger partial charge in [0, 0.05) is 22.7 Å². The predicted molar refractivity (Wildman–Crippen MR) is 79.5 cm³/mol. The van der Waals surface area contributed by atoms with Gasteiger partial charge in [-0.15, -0.1) is 0 Å². The second kappa shape index (κ2) is 5.72. The maximum absolute atomic E-state index is 12.3. The molecule has 2 aromatic carbocycles. The molecule has 3 rings (SSSR count). The van der Waals surface area contributed by atoms with Crippen molar-refractivity contribution in [2.75, 3.05) is 0 Å². The van der Waals surface area contributed by atoms with Crippen LogP contribution in [0.15, 0.2) is 65.6 Å². The lowest BCUT2D eigenvalue weighted by atomic mass is 10.1. The zero-order valence-electron chi connectivity index (χ0n) is 11.0. The second-order valence-electron chi connectivity index (χ2n) is 4.67. The van der Waals surface area contributed by atoms with Gasteiger partial charge < -0.3 is 9.72 Å². The molecule has 3 aromatic rings. The van der Waals surface area contributed by atoms with E-state index in [1.54, 1.807) is 6.20 Å². The van der Waals surface area contributed by atoms with E-state index in [1.165, 1.54) is 0 Å². The highest BCUT2D eigenvalue weighted by molar-refractivity contribution is 5.78. The van der Waals surface area contributed by atoms with E-state index in [0.29, 0.717) is 24.2 Å². The van der Waals surface area contributed by atoms with Crippen molar-refractivity contribution in [3.05, 3.63) is 82.1 Å². The molecule has 0 spiro atoms. The zero-order valence-corrected chi connectivity index (χ0v) is 11.0. The molecule has 0 amide bonds. The fourth-order valence-electron chi connectivity index (χ4n) is 2.17.